The molecular formula is C4H10MgN2O2. The largest absolute Gasteiger partial charge is 0.411 e. The zero-order valence-corrected chi connectivity index (χ0v) is 4.79. The molecule has 50 valence electrons. The third kappa shape index (κ3) is 4.23. The molecule has 2 N–H and O–H groups in total. The van der Waals surface area contributed by atoms with E-state index in [0.717, 1.165) is 0 Å². The van der Waals surface area contributed by atoms with E-state index in [2.05, 4.69) is 10.3 Å². The average Bonchev–Trinajstić information content (AvgIpc) is 1.84. The maximum absolute atomic E-state index is 8.03. The highest BCUT2D eigenvalue weighted by Gasteiger charge is 1.93. The number of nitrogens with zero attached hydrogens (tertiary/aromatic N) is 2. The molecule has 0 aliphatic carbocycles. The fourth-order valence-corrected chi connectivity index (χ4v) is 0.145. The third-order valence-corrected chi connectivity index (χ3v) is 0.824. The summed E-state index contributed by atoms with van der Waals surface area (Å²) in [4.78, 5) is 0. The van der Waals surface area contributed by atoms with Crippen molar-refractivity contribution in [1.29, 1.82) is 0 Å². The van der Waals surface area contributed by atoms with Crippen molar-refractivity contribution in [1.82, 2.24) is 0 Å². The lowest BCUT2D eigenvalue weighted by Crippen LogP contribution is -2.04. The van der Waals surface area contributed by atoms with Crippen LogP contribution in [0.15, 0.2) is 10.3 Å². The molecule has 0 heterocycles. The second-order valence-electron chi connectivity index (χ2n) is 1.37. The van der Waals surface area contributed by atoms with E-state index in [-0.39, 0.29) is 23.1 Å². The van der Waals surface area contributed by atoms with Crippen molar-refractivity contribution in [2.24, 2.45) is 10.3 Å². The van der Waals surface area contributed by atoms with Gasteiger partial charge in [-0.2, -0.15) is 0 Å². The standard InChI is InChI=1S/C4H8N2O2.Mg.2H/c1-3(5-7)4(2)6-8;;;/h7-8H,1-2H3;;;/b5-3+,6-4+;;;. The smallest absolute Gasteiger partial charge is 0.316 e. The first-order valence-electron chi connectivity index (χ1n) is 2.10. The second kappa shape index (κ2) is 5.84. The van der Waals surface area contributed by atoms with Gasteiger partial charge in [-0.05, 0) is 13.8 Å². The van der Waals surface area contributed by atoms with Gasteiger partial charge in [0.05, 0.1) is 0 Å². The van der Waals surface area contributed by atoms with Crippen LogP contribution in [0.2, 0.25) is 0 Å². The van der Waals surface area contributed by atoms with E-state index in [1.54, 1.807) is 0 Å². The molecule has 0 aliphatic heterocycles. The summed E-state index contributed by atoms with van der Waals surface area (Å²) >= 11 is 0. The first-order chi connectivity index (χ1) is 3.72. The predicted molar refractivity (Wildman–Crippen MR) is 38.3 cm³/mol. The molecule has 0 saturated heterocycles. The summed E-state index contributed by atoms with van der Waals surface area (Å²) < 4.78 is 0. The summed E-state index contributed by atoms with van der Waals surface area (Å²) in [5.74, 6) is 0. The van der Waals surface area contributed by atoms with Crippen molar-refractivity contribution in [3.05, 3.63) is 0 Å². The molecule has 0 amide bonds. The van der Waals surface area contributed by atoms with Gasteiger partial charge in [0.15, 0.2) is 0 Å². The normalized spacial score (nSPS) is 12.7. The van der Waals surface area contributed by atoms with E-state index >= 15 is 0 Å². The molecule has 0 aromatic heterocycles. The highest BCUT2D eigenvalue weighted by atomic mass is 24.3. The van der Waals surface area contributed by atoms with Crippen molar-refractivity contribution in [3.63, 3.8) is 0 Å². The van der Waals surface area contributed by atoms with Crippen LogP contribution in [0.1, 0.15) is 13.8 Å². The monoisotopic (exact) mass is 142 g/mol. The Kier molecular flexibility index (Phi) is 7.45. The van der Waals surface area contributed by atoms with E-state index in [0.29, 0.717) is 11.4 Å². The molecule has 0 atom stereocenters. The zero-order chi connectivity index (χ0) is 6.57. The number of hydrogen-bond acceptors (Lipinski definition) is 4. The van der Waals surface area contributed by atoms with Crippen LogP contribution in [0.25, 0.3) is 0 Å². The lowest BCUT2D eigenvalue weighted by atomic mass is 10.3. The van der Waals surface area contributed by atoms with Gasteiger partial charge in [-0.15, -0.1) is 0 Å². The van der Waals surface area contributed by atoms with E-state index < -0.39 is 0 Å². The molecule has 4 nitrogen and oxygen atoms in total. The van der Waals surface area contributed by atoms with Crippen LogP contribution >= 0.6 is 0 Å². The van der Waals surface area contributed by atoms with Gasteiger partial charge in [0.1, 0.15) is 11.4 Å². The van der Waals surface area contributed by atoms with E-state index in [9.17, 15) is 0 Å². The number of hydrogen-bond donors (Lipinski definition) is 2. The van der Waals surface area contributed by atoms with Gasteiger partial charge in [0.25, 0.3) is 0 Å². The average molecular weight is 142 g/mol. The second-order valence-corrected chi connectivity index (χ2v) is 1.37. The minimum atomic E-state index is 0. The molecule has 0 aromatic rings. The maximum atomic E-state index is 8.03. The van der Waals surface area contributed by atoms with Crippen LogP contribution in [0.3, 0.4) is 0 Å². The fraction of sp³-hybridized carbons (Fsp3) is 0.500. The van der Waals surface area contributed by atoms with Crippen LogP contribution in [0.4, 0.5) is 0 Å². The SMILES string of the molecule is CC(=N\O)/C(C)=N/O.[MgH2]. The fourth-order valence-electron chi connectivity index (χ4n) is 0.145. The molecule has 0 fully saturated rings. The quantitative estimate of drug-likeness (QED) is 0.230. The Morgan fingerprint density at radius 1 is 1.00 bits per heavy atom. The molecular weight excluding hydrogens is 132 g/mol. The van der Waals surface area contributed by atoms with Crippen molar-refractivity contribution in [3.8, 4) is 0 Å². The molecule has 0 aromatic carbocycles. The summed E-state index contributed by atoms with van der Waals surface area (Å²) in [6, 6.07) is 0. The van der Waals surface area contributed by atoms with Crippen molar-refractivity contribution < 1.29 is 10.4 Å². The minimum Gasteiger partial charge on any atom is -0.411 e. The van der Waals surface area contributed by atoms with E-state index in [1.165, 1.54) is 13.8 Å². The molecule has 0 saturated carbocycles. The van der Waals surface area contributed by atoms with Crippen LogP contribution in [0.5, 0.6) is 0 Å². The van der Waals surface area contributed by atoms with Gasteiger partial charge in [0.2, 0.25) is 0 Å². The van der Waals surface area contributed by atoms with Crippen molar-refractivity contribution >= 4 is 34.5 Å². The molecule has 9 heavy (non-hydrogen) atoms. The Hall–Kier alpha value is -0.294. The molecule has 0 unspecified atom stereocenters. The van der Waals surface area contributed by atoms with Crippen molar-refractivity contribution in [2.45, 2.75) is 13.8 Å². The molecule has 0 radical (unpaired) electrons. The first kappa shape index (κ1) is 11.5. The first-order valence-corrected chi connectivity index (χ1v) is 2.10. The Bertz CT molecular complexity index is 117. The van der Waals surface area contributed by atoms with Gasteiger partial charge >= 0.3 is 23.1 Å². The molecule has 0 aliphatic rings. The van der Waals surface area contributed by atoms with Gasteiger partial charge in [-0.25, -0.2) is 0 Å². The summed E-state index contributed by atoms with van der Waals surface area (Å²) in [5.41, 5.74) is 0.625. The van der Waals surface area contributed by atoms with Crippen molar-refractivity contribution in [2.75, 3.05) is 0 Å². The Morgan fingerprint density at radius 3 is 1.33 bits per heavy atom. The van der Waals surface area contributed by atoms with Gasteiger partial charge in [-0.3, -0.25) is 0 Å². The van der Waals surface area contributed by atoms with Gasteiger partial charge in [-0.1, -0.05) is 10.3 Å². The molecule has 0 bridgehead atoms. The molecule has 0 rings (SSSR count). The molecule has 0 spiro atoms. The summed E-state index contributed by atoms with van der Waals surface area (Å²) in [6.45, 7) is 3.07. The van der Waals surface area contributed by atoms with Crippen LogP contribution in [0, 0.1) is 0 Å². The lowest BCUT2D eigenvalue weighted by Gasteiger charge is -1.88. The molecule has 5 heteroatoms. The maximum Gasteiger partial charge on any atom is 0.316 e. The summed E-state index contributed by atoms with van der Waals surface area (Å²) in [7, 11) is 0. The number of oxime groups is 2. The Labute approximate surface area is 69.4 Å². The summed E-state index contributed by atoms with van der Waals surface area (Å²) in [6.07, 6.45) is 0. The lowest BCUT2D eigenvalue weighted by molar-refractivity contribution is 0.313. The van der Waals surface area contributed by atoms with Crippen LogP contribution < -0.4 is 0 Å². The summed E-state index contributed by atoms with van der Waals surface area (Å²) in [5, 5.41) is 21.6. The third-order valence-electron chi connectivity index (χ3n) is 0.824. The zero-order valence-electron chi connectivity index (χ0n) is 4.79. The van der Waals surface area contributed by atoms with Crippen LogP contribution in [-0.4, -0.2) is 44.9 Å². The highest BCUT2D eigenvalue weighted by molar-refractivity contribution is 6.40. The Morgan fingerprint density at radius 2 is 1.22 bits per heavy atom. The van der Waals surface area contributed by atoms with Gasteiger partial charge in [0, 0.05) is 0 Å². The van der Waals surface area contributed by atoms with E-state index in [4.69, 9.17) is 10.4 Å². The van der Waals surface area contributed by atoms with Gasteiger partial charge < -0.3 is 10.4 Å². The number of rotatable bonds is 1. The van der Waals surface area contributed by atoms with E-state index in [1.807, 2.05) is 0 Å². The minimum absolute atomic E-state index is 0. The Balaban J connectivity index is 0. The topological polar surface area (TPSA) is 65.2 Å². The predicted octanol–water partition coefficient (Wildman–Crippen LogP) is -0.230. The van der Waals surface area contributed by atoms with Crippen LogP contribution in [-0.2, 0) is 0 Å². The highest BCUT2D eigenvalue weighted by Crippen LogP contribution is 1.79.